The fraction of sp³-hybridized carbons (Fsp3) is 0.583. The Morgan fingerprint density at radius 1 is 1.35 bits per heavy atom. The van der Waals surface area contributed by atoms with Crippen LogP contribution in [0, 0.1) is 5.92 Å². The normalized spacial score (nSPS) is 10.8. The van der Waals surface area contributed by atoms with E-state index in [1.807, 2.05) is 6.07 Å². The molecule has 17 heavy (non-hydrogen) atoms. The second-order valence-corrected chi connectivity index (χ2v) is 4.42. The molecule has 0 aromatic carbocycles. The van der Waals surface area contributed by atoms with E-state index in [9.17, 15) is 0 Å². The predicted octanol–water partition coefficient (Wildman–Crippen LogP) is 1.72. The van der Waals surface area contributed by atoms with Crippen molar-refractivity contribution in [2.24, 2.45) is 5.92 Å². The Labute approximate surface area is 103 Å². The molecule has 0 bridgehead atoms. The highest BCUT2D eigenvalue weighted by atomic mass is 16.5. The van der Waals surface area contributed by atoms with Gasteiger partial charge in [-0.15, -0.1) is 0 Å². The van der Waals surface area contributed by atoms with Gasteiger partial charge in [0, 0.05) is 19.8 Å². The summed E-state index contributed by atoms with van der Waals surface area (Å²) < 4.78 is 5.47. The fourth-order valence-corrected chi connectivity index (χ4v) is 1.29. The molecule has 0 aliphatic carbocycles. The van der Waals surface area contributed by atoms with Crippen molar-refractivity contribution in [3.05, 3.63) is 12.1 Å². The predicted molar refractivity (Wildman–Crippen MR) is 71.8 cm³/mol. The number of nitrogen functional groups attached to an aromatic ring is 2. The van der Waals surface area contributed by atoms with Crippen molar-refractivity contribution >= 4 is 17.3 Å². The number of rotatable bonds is 7. The fourth-order valence-electron chi connectivity index (χ4n) is 1.29. The molecule has 1 aromatic rings. The van der Waals surface area contributed by atoms with E-state index in [1.54, 1.807) is 6.07 Å². The highest BCUT2D eigenvalue weighted by Gasteiger charge is 1.98. The molecule has 5 heteroatoms. The average molecular weight is 238 g/mol. The van der Waals surface area contributed by atoms with Crippen LogP contribution in [-0.2, 0) is 4.74 Å². The number of pyridine rings is 1. The van der Waals surface area contributed by atoms with Crippen molar-refractivity contribution in [1.82, 2.24) is 4.98 Å². The van der Waals surface area contributed by atoms with Gasteiger partial charge in [-0.3, -0.25) is 0 Å². The maximum absolute atomic E-state index is 5.61. The van der Waals surface area contributed by atoms with E-state index in [4.69, 9.17) is 16.2 Å². The van der Waals surface area contributed by atoms with Gasteiger partial charge in [-0.2, -0.15) is 0 Å². The first-order valence-corrected chi connectivity index (χ1v) is 5.93. The minimum absolute atomic E-state index is 0.367. The lowest BCUT2D eigenvalue weighted by molar-refractivity contribution is 0.110. The largest absolute Gasteiger partial charge is 0.396 e. The van der Waals surface area contributed by atoms with E-state index >= 15 is 0 Å². The van der Waals surface area contributed by atoms with Crippen molar-refractivity contribution in [3.63, 3.8) is 0 Å². The molecule has 0 unspecified atom stereocenters. The number of anilines is 3. The van der Waals surface area contributed by atoms with Gasteiger partial charge in [0.05, 0.1) is 5.69 Å². The lowest BCUT2D eigenvalue weighted by Gasteiger charge is -2.08. The summed E-state index contributed by atoms with van der Waals surface area (Å²) in [6.45, 7) is 6.66. The quantitative estimate of drug-likeness (QED) is 0.630. The Balaban J connectivity index is 2.16. The minimum atomic E-state index is 0.367. The van der Waals surface area contributed by atoms with E-state index in [-0.39, 0.29) is 0 Å². The van der Waals surface area contributed by atoms with Crippen LogP contribution in [0.1, 0.15) is 20.3 Å². The molecule has 1 heterocycles. The Kier molecular flexibility index (Phi) is 5.56. The summed E-state index contributed by atoms with van der Waals surface area (Å²) in [7, 11) is 0. The first-order chi connectivity index (χ1) is 8.09. The number of hydrogen-bond donors (Lipinski definition) is 3. The van der Waals surface area contributed by atoms with E-state index in [1.165, 1.54) is 0 Å². The summed E-state index contributed by atoms with van der Waals surface area (Å²) in [5.41, 5.74) is 11.7. The molecule has 0 amide bonds. The molecule has 1 rings (SSSR count). The molecule has 0 atom stereocenters. The third kappa shape index (κ3) is 5.40. The number of nitrogens with two attached hydrogens (primary N) is 2. The van der Waals surface area contributed by atoms with Crippen LogP contribution in [0.5, 0.6) is 0 Å². The molecule has 5 N–H and O–H groups in total. The Hall–Kier alpha value is -1.49. The lowest BCUT2D eigenvalue weighted by atomic mass is 10.2. The summed E-state index contributed by atoms with van der Waals surface area (Å²) in [4.78, 5) is 4.12. The third-order valence-corrected chi connectivity index (χ3v) is 2.18. The standard InChI is InChI=1S/C12H22N4O/c1-9(2)8-17-7-3-6-15-11-5-4-10(13)12(14)16-11/h4-5,9H,3,6-8,13H2,1-2H3,(H3,14,15,16). The highest BCUT2D eigenvalue weighted by Crippen LogP contribution is 2.14. The van der Waals surface area contributed by atoms with Crippen LogP contribution in [0.4, 0.5) is 17.3 Å². The zero-order valence-corrected chi connectivity index (χ0v) is 10.6. The van der Waals surface area contributed by atoms with E-state index in [0.717, 1.165) is 32.0 Å². The van der Waals surface area contributed by atoms with Crippen LogP contribution >= 0.6 is 0 Å². The minimum Gasteiger partial charge on any atom is -0.396 e. The van der Waals surface area contributed by atoms with Crippen LogP contribution in [-0.4, -0.2) is 24.7 Å². The van der Waals surface area contributed by atoms with Gasteiger partial charge in [-0.05, 0) is 24.5 Å². The van der Waals surface area contributed by atoms with Gasteiger partial charge in [0.2, 0.25) is 0 Å². The SMILES string of the molecule is CC(C)COCCCNc1ccc(N)c(N)n1. The van der Waals surface area contributed by atoms with E-state index in [2.05, 4.69) is 24.1 Å². The van der Waals surface area contributed by atoms with Crippen molar-refractivity contribution in [3.8, 4) is 0 Å². The molecule has 0 saturated heterocycles. The third-order valence-electron chi connectivity index (χ3n) is 2.18. The van der Waals surface area contributed by atoms with Crippen LogP contribution in [0.25, 0.3) is 0 Å². The molecule has 0 saturated carbocycles. The smallest absolute Gasteiger partial charge is 0.149 e. The summed E-state index contributed by atoms with van der Waals surface area (Å²) in [5.74, 6) is 1.70. The molecule has 1 aromatic heterocycles. The van der Waals surface area contributed by atoms with Gasteiger partial charge >= 0.3 is 0 Å². The Morgan fingerprint density at radius 3 is 2.76 bits per heavy atom. The number of ether oxygens (including phenoxy) is 1. The van der Waals surface area contributed by atoms with E-state index < -0.39 is 0 Å². The summed E-state index contributed by atoms with van der Waals surface area (Å²) in [6, 6.07) is 3.57. The molecule has 5 nitrogen and oxygen atoms in total. The number of hydrogen-bond acceptors (Lipinski definition) is 5. The first-order valence-electron chi connectivity index (χ1n) is 5.93. The highest BCUT2D eigenvalue weighted by molar-refractivity contribution is 5.61. The van der Waals surface area contributed by atoms with E-state index in [0.29, 0.717) is 17.4 Å². The summed E-state index contributed by atoms with van der Waals surface area (Å²) in [5, 5.41) is 3.17. The molecule has 96 valence electrons. The Bertz CT molecular complexity index is 341. The molecule has 0 spiro atoms. The summed E-state index contributed by atoms with van der Waals surface area (Å²) in [6.07, 6.45) is 0.943. The van der Waals surface area contributed by atoms with Crippen molar-refractivity contribution in [2.45, 2.75) is 20.3 Å². The molecule has 0 aliphatic heterocycles. The van der Waals surface area contributed by atoms with Crippen LogP contribution in [0.3, 0.4) is 0 Å². The second-order valence-electron chi connectivity index (χ2n) is 4.42. The molecular weight excluding hydrogens is 216 g/mol. The zero-order valence-electron chi connectivity index (χ0n) is 10.6. The maximum Gasteiger partial charge on any atom is 0.149 e. The monoisotopic (exact) mass is 238 g/mol. The van der Waals surface area contributed by atoms with Gasteiger partial charge in [0.25, 0.3) is 0 Å². The number of nitrogens with one attached hydrogen (secondary N) is 1. The van der Waals surface area contributed by atoms with Crippen LogP contribution in [0.15, 0.2) is 12.1 Å². The molecular formula is C12H22N4O. The van der Waals surface area contributed by atoms with Crippen molar-refractivity contribution < 1.29 is 4.74 Å². The van der Waals surface area contributed by atoms with Gasteiger partial charge < -0.3 is 21.5 Å². The lowest BCUT2D eigenvalue weighted by Crippen LogP contribution is -2.10. The van der Waals surface area contributed by atoms with Crippen LogP contribution < -0.4 is 16.8 Å². The molecule has 0 fully saturated rings. The Morgan fingerprint density at radius 2 is 2.12 bits per heavy atom. The average Bonchev–Trinajstić information content (AvgIpc) is 2.27. The number of nitrogens with zero attached hydrogens (tertiary/aromatic N) is 1. The van der Waals surface area contributed by atoms with Gasteiger partial charge in [0.15, 0.2) is 0 Å². The van der Waals surface area contributed by atoms with Gasteiger partial charge in [-0.1, -0.05) is 13.8 Å². The van der Waals surface area contributed by atoms with Crippen molar-refractivity contribution in [2.75, 3.05) is 36.5 Å². The number of aromatic nitrogens is 1. The van der Waals surface area contributed by atoms with Gasteiger partial charge in [-0.25, -0.2) is 4.98 Å². The van der Waals surface area contributed by atoms with Crippen LogP contribution in [0.2, 0.25) is 0 Å². The van der Waals surface area contributed by atoms with Crippen molar-refractivity contribution in [1.29, 1.82) is 0 Å². The van der Waals surface area contributed by atoms with Gasteiger partial charge in [0.1, 0.15) is 11.6 Å². The molecule has 0 aliphatic rings. The zero-order chi connectivity index (χ0) is 12.7. The first kappa shape index (κ1) is 13.6. The topological polar surface area (TPSA) is 86.2 Å². The second kappa shape index (κ2) is 6.96. The maximum atomic E-state index is 5.61. The molecule has 0 radical (unpaired) electrons. The summed E-state index contributed by atoms with van der Waals surface area (Å²) >= 11 is 0.